The smallest absolute Gasteiger partial charge is 0.164 e. The Morgan fingerprint density at radius 2 is 2.00 bits per heavy atom. The molecule has 4 heteroatoms. The lowest BCUT2D eigenvalue weighted by Gasteiger charge is -2.25. The molecule has 0 aromatic heterocycles. The van der Waals surface area contributed by atoms with Crippen molar-refractivity contribution < 1.29 is 9.53 Å². The molecule has 1 atom stereocenters. The number of benzene rings is 2. The second kappa shape index (κ2) is 6.32. The Balaban J connectivity index is 1.84. The Bertz CT molecular complexity index is 682. The molecule has 1 aliphatic rings. The van der Waals surface area contributed by atoms with Crippen LogP contribution in [0.15, 0.2) is 51.4 Å². The molecule has 0 saturated heterocycles. The maximum atomic E-state index is 12.6. The fraction of sp³-hybridized carbons (Fsp3) is 0.235. The van der Waals surface area contributed by atoms with Crippen molar-refractivity contribution in [3.05, 3.63) is 62.5 Å². The number of halogens is 2. The standard InChI is InChI=1S/C17H14Br2O2/c18-12-5-6-15(19)14(10-12)16(20)9-11-7-8-21-17-4-2-1-3-13(11)17/h1-6,10-11H,7-9H2. The number of Topliss-reactive ketones (excluding diaryl/α,β-unsaturated/α-hetero) is 1. The molecule has 2 aromatic carbocycles. The van der Waals surface area contributed by atoms with E-state index in [9.17, 15) is 4.79 Å². The molecular formula is C17H14Br2O2. The van der Waals surface area contributed by atoms with Crippen LogP contribution in [0.1, 0.15) is 34.7 Å². The van der Waals surface area contributed by atoms with Crippen LogP contribution in [0.2, 0.25) is 0 Å². The summed E-state index contributed by atoms with van der Waals surface area (Å²) in [7, 11) is 0. The molecule has 0 fully saturated rings. The molecule has 108 valence electrons. The fourth-order valence-corrected chi connectivity index (χ4v) is 3.50. The van der Waals surface area contributed by atoms with Crippen LogP contribution in [0.4, 0.5) is 0 Å². The molecule has 0 radical (unpaired) electrons. The predicted molar refractivity (Wildman–Crippen MR) is 90.1 cm³/mol. The minimum atomic E-state index is 0.157. The molecule has 21 heavy (non-hydrogen) atoms. The highest BCUT2D eigenvalue weighted by Gasteiger charge is 2.24. The second-order valence-corrected chi connectivity index (χ2v) is 6.89. The van der Waals surface area contributed by atoms with Crippen LogP contribution >= 0.6 is 31.9 Å². The summed E-state index contributed by atoms with van der Waals surface area (Å²) in [5, 5.41) is 0. The number of ether oxygens (including phenoxy) is 1. The van der Waals surface area contributed by atoms with E-state index in [0.717, 1.165) is 32.2 Å². The number of hydrogen-bond acceptors (Lipinski definition) is 2. The molecule has 0 N–H and O–H groups in total. The van der Waals surface area contributed by atoms with E-state index >= 15 is 0 Å². The van der Waals surface area contributed by atoms with Gasteiger partial charge in [0.25, 0.3) is 0 Å². The van der Waals surface area contributed by atoms with Crippen molar-refractivity contribution in [2.24, 2.45) is 0 Å². The third-order valence-corrected chi connectivity index (χ3v) is 4.93. The average molecular weight is 410 g/mol. The lowest BCUT2D eigenvalue weighted by atomic mass is 9.87. The Morgan fingerprint density at radius 3 is 2.86 bits per heavy atom. The van der Waals surface area contributed by atoms with Gasteiger partial charge in [0.2, 0.25) is 0 Å². The first-order chi connectivity index (χ1) is 10.1. The lowest BCUT2D eigenvalue weighted by molar-refractivity contribution is 0.0965. The maximum Gasteiger partial charge on any atom is 0.164 e. The fourth-order valence-electron chi connectivity index (χ4n) is 2.67. The van der Waals surface area contributed by atoms with E-state index in [2.05, 4.69) is 37.9 Å². The predicted octanol–water partition coefficient (Wildman–Crippen LogP) is 5.35. The van der Waals surface area contributed by atoms with Gasteiger partial charge in [-0.1, -0.05) is 50.1 Å². The van der Waals surface area contributed by atoms with Crippen molar-refractivity contribution in [2.75, 3.05) is 6.61 Å². The maximum absolute atomic E-state index is 12.6. The summed E-state index contributed by atoms with van der Waals surface area (Å²) in [4.78, 5) is 12.6. The minimum Gasteiger partial charge on any atom is -0.493 e. The topological polar surface area (TPSA) is 26.3 Å². The summed E-state index contributed by atoms with van der Waals surface area (Å²) in [5.41, 5.74) is 1.87. The largest absolute Gasteiger partial charge is 0.493 e. The third-order valence-electron chi connectivity index (χ3n) is 3.74. The molecule has 2 nitrogen and oxygen atoms in total. The van der Waals surface area contributed by atoms with Crippen LogP contribution in [0, 0.1) is 0 Å². The molecule has 1 unspecified atom stereocenters. The SMILES string of the molecule is O=C(CC1CCOc2ccccc21)c1cc(Br)ccc1Br. The highest BCUT2D eigenvalue weighted by molar-refractivity contribution is 9.11. The van der Waals surface area contributed by atoms with Crippen LogP contribution in [0.5, 0.6) is 5.75 Å². The Kier molecular flexibility index (Phi) is 4.45. The number of ketones is 1. The van der Waals surface area contributed by atoms with Gasteiger partial charge in [0.1, 0.15) is 5.75 Å². The molecule has 3 rings (SSSR count). The van der Waals surface area contributed by atoms with Crippen LogP contribution in [-0.4, -0.2) is 12.4 Å². The monoisotopic (exact) mass is 408 g/mol. The van der Waals surface area contributed by atoms with Gasteiger partial charge in [-0.05, 0) is 42.2 Å². The summed E-state index contributed by atoms with van der Waals surface area (Å²) in [6, 6.07) is 13.7. The van der Waals surface area contributed by atoms with Crippen molar-refractivity contribution >= 4 is 37.6 Å². The first kappa shape index (κ1) is 14.8. The summed E-state index contributed by atoms with van der Waals surface area (Å²) in [6.07, 6.45) is 1.39. The molecular weight excluding hydrogens is 396 g/mol. The number of rotatable bonds is 3. The van der Waals surface area contributed by atoms with Gasteiger partial charge in [0, 0.05) is 20.9 Å². The minimum absolute atomic E-state index is 0.157. The molecule has 2 aromatic rings. The van der Waals surface area contributed by atoms with E-state index in [0.29, 0.717) is 13.0 Å². The van der Waals surface area contributed by atoms with Gasteiger partial charge < -0.3 is 4.74 Å². The highest BCUT2D eigenvalue weighted by Crippen LogP contribution is 2.36. The van der Waals surface area contributed by atoms with Gasteiger partial charge in [0.15, 0.2) is 5.78 Å². The van der Waals surface area contributed by atoms with E-state index in [1.807, 2.05) is 36.4 Å². The molecule has 1 heterocycles. The van der Waals surface area contributed by atoms with Gasteiger partial charge in [0.05, 0.1) is 6.61 Å². The zero-order valence-electron chi connectivity index (χ0n) is 11.3. The van der Waals surface area contributed by atoms with E-state index in [-0.39, 0.29) is 11.7 Å². The number of carbonyl (C=O) groups is 1. The third kappa shape index (κ3) is 3.22. The number of carbonyl (C=O) groups excluding carboxylic acids is 1. The Morgan fingerprint density at radius 1 is 1.19 bits per heavy atom. The zero-order valence-corrected chi connectivity index (χ0v) is 14.5. The molecule has 0 aliphatic carbocycles. The van der Waals surface area contributed by atoms with Gasteiger partial charge >= 0.3 is 0 Å². The zero-order chi connectivity index (χ0) is 14.8. The van der Waals surface area contributed by atoms with Gasteiger partial charge in [-0.15, -0.1) is 0 Å². The van der Waals surface area contributed by atoms with Crippen molar-refractivity contribution in [1.29, 1.82) is 0 Å². The molecule has 1 aliphatic heterocycles. The van der Waals surface area contributed by atoms with Gasteiger partial charge in [-0.2, -0.15) is 0 Å². The van der Waals surface area contributed by atoms with E-state index in [1.165, 1.54) is 0 Å². The number of para-hydroxylation sites is 1. The van der Waals surface area contributed by atoms with Crippen molar-refractivity contribution in [3.63, 3.8) is 0 Å². The first-order valence-corrected chi connectivity index (χ1v) is 8.43. The van der Waals surface area contributed by atoms with Crippen molar-refractivity contribution in [1.82, 2.24) is 0 Å². The number of fused-ring (bicyclic) bond motifs is 1. The van der Waals surface area contributed by atoms with Gasteiger partial charge in [-0.25, -0.2) is 0 Å². The molecule has 0 spiro atoms. The second-order valence-electron chi connectivity index (χ2n) is 5.12. The Labute approximate surface area is 140 Å². The molecule has 0 amide bonds. The van der Waals surface area contributed by atoms with Gasteiger partial charge in [-0.3, -0.25) is 4.79 Å². The summed E-state index contributed by atoms with van der Waals surface area (Å²) >= 11 is 6.88. The quantitative estimate of drug-likeness (QED) is 0.638. The summed E-state index contributed by atoms with van der Waals surface area (Å²) in [5.74, 6) is 1.30. The van der Waals surface area contributed by atoms with Crippen LogP contribution in [-0.2, 0) is 0 Å². The van der Waals surface area contributed by atoms with E-state index in [1.54, 1.807) is 0 Å². The van der Waals surface area contributed by atoms with Crippen molar-refractivity contribution in [3.8, 4) is 5.75 Å². The number of hydrogen-bond donors (Lipinski definition) is 0. The average Bonchev–Trinajstić information content (AvgIpc) is 2.50. The Hall–Kier alpha value is -1.13. The molecule has 0 saturated carbocycles. The first-order valence-electron chi connectivity index (χ1n) is 6.85. The van der Waals surface area contributed by atoms with Crippen molar-refractivity contribution in [2.45, 2.75) is 18.8 Å². The van der Waals surface area contributed by atoms with E-state index < -0.39 is 0 Å². The van der Waals surface area contributed by atoms with E-state index in [4.69, 9.17) is 4.74 Å². The van der Waals surface area contributed by atoms with Crippen LogP contribution in [0.25, 0.3) is 0 Å². The molecule has 0 bridgehead atoms. The van der Waals surface area contributed by atoms with Crippen LogP contribution in [0.3, 0.4) is 0 Å². The summed E-state index contributed by atoms with van der Waals surface area (Å²) < 4.78 is 7.42. The lowest BCUT2D eigenvalue weighted by Crippen LogP contribution is -2.17. The highest BCUT2D eigenvalue weighted by atomic mass is 79.9. The normalized spacial score (nSPS) is 17.0. The summed E-state index contributed by atoms with van der Waals surface area (Å²) in [6.45, 7) is 0.675. The van der Waals surface area contributed by atoms with Crippen LogP contribution < -0.4 is 4.74 Å².